The van der Waals surface area contributed by atoms with E-state index in [4.69, 9.17) is 4.74 Å². The Balaban J connectivity index is 1.67. The maximum absolute atomic E-state index is 5.51. The first kappa shape index (κ1) is 14.0. The molecule has 0 saturated carbocycles. The lowest BCUT2D eigenvalue weighted by molar-refractivity contribution is 0.340. The van der Waals surface area contributed by atoms with Crippen LogP contribution >= 0.6 is 11.3 Å². The summed E-state index contributed by atoms with van der Waals surface area (Å²) in [6.45, 7) is 4.24. The van der Waals surface area contributed by atoms with Gasteiger partial charge in [0.2, 0.25) is 0 Å². The van der Waals surface area contributed by atoms with Crippen molar-refractivity contribution in [2.75, 3.05) is 6.61 Å². The van der Waals surface area contributed by atoms with Crippen LogP contribution in [0.4, 0.5) is 0 Å². The summed E-state index contributed by atoms with van der Waals surface area (Å²) in [6, 6.07) is 10.1. The summed E-state index contributed by atoms with van der Waals surface area (Å²) in [5, 5.41) is 4.49. The molecule has 2 heterocycles. The van der Waals surface area contributed by atoms with E-state index in [1.807, 2.05) is 36.8 Å². The van der Waals surface area contributed by atoms with Gasteiger partial charge in [0.15, 0.2) is 0 Å². The first-order valence-electron chi connectivity index (χ1n) is 6.95. The van der Waals surface area contributed by atoms with E-state index in [9.17, 15) is 0 Å². The quantitative estimate of drug-likeness (QED) is 0.758. The molecule has 0 saturated heterocycles. The molecule has 0 bridgehead atoms. The van der Waals surface area contributed by atoms with E-state index in [1.54, 1.807) is 11.3 Å². The summed E-state index contributed by atoms with van der Waals surface area (Å²) in [4.78, 5) is 9.96. The average molecular weight is 299 g/mol. The second-order valence-electron chi connectivity index (χ2n) is 4.66. The molecule has 108 valence electrons. The van der Waals surface area contributed by atoms with Crippen LogP contribution in [0.2, 0.25) is 0 Å². The molecule has 1 N–H and O–H groups in total. The minimum absolute atomic E-state index is 0.679. The minimum atomic E-state index is 0.679. The number of hydrogen-bond donors (Lipinski definition) is 1. The largest absolute Gasteiger partial charge is 0.494 e. The van der Waals surface area contributed by atoms with Crippen molar-refractivity contribution in [3.05, 3.63) is 52.6 Å². The minimum Gasteiger partial charge on any atom is -0.494 e. The van der Waals surface area contributed by atoms with Gasteiger partial charge in [0.1, 0.15) is 5.75 Å². The van der Waals surface area contributed by atoms with Crippen molar-refractivity contribution in [2.45, 2.75) is 20.0 Å². The molecule has 0 atom stereocenters. The number of rotatable bonds is 6. The molecule has 3 aromatic rings. The van der Waals surface area contributed by atoms with Crippen molar-refractivity contribution < 1.29 is 4.74 Å². The number of fused-ring (bicyclic) bond motifs is 1. The van der Waals surface area contributed by atoms with Crippen LogP contribution in [0.1, 0.15) is 17.5 Å². The van der Waals surface area contributed by atoms with Gasteiger partial charge in [-0.25, -0.2) is 0 Å². The fourth-order valence-electron chi connectivity index (χ4n) is 2.14. The Morgan fingerprint density at radius 3 is 2.95 bits per heavy atom. The number of hydrogen-bond acceptors (Lipinski definition) is 5. The number of ether oxygens (including phenoxy) is 1. The fourth-order valence-corrected chi connectivity index (χ4v) is 2.71. The molecule has 5 heteroatoms. The van der Waals surface area contributed by atoms with Crippen molar-refractivity contribution in [3.63, 3.8) is 0 Å². The van der Waals surface area contributed by atoms with E-state index in [2.05, 4.69) is 27.4 Å². The summed E-state index contributed by atoms with van der Waals surface area (Å²) in [7, 11) is 0. The summed E-state index contributed by atoms with van der Waals surface area (Å²) in [6.07, 6.45) is 1.89. The van der Waals surface area contributed by atoms with Crippen LogP contribution in [0, 0.1) is 0 Å². The highest BCUT2D eigenvalue weighted by Gasteiger charge is 2.01. The molecular formula is C16H17N3OS. The van der Waals surface area contributed by atoms with Gasteiger partial charge in [-0.1, -0.05) is 6.07 Å². The zero-order chi connectivity index (χ0) is 14.5. The molecule has 0 radical (unpaired) electrons. The van der Waals surface area contributed by atoms with E-state index < -0.39 is 0 Å². The van der Waals surface area contributed by atoms with Gasteiger partial charge in [-0.2, -0.15) is 0 Å². The molecular weight excluding hydrogens is 282 g/mol. The van der Waals surface area contributed by atoms with Crippen LogP contribution in [-0.4, -0.2) is 16.6 Å². The molecule has 21 heavy (non-hydrogen) atoms. The topological polar surface area (TPSA) is 47.0 Å². The number of nitrogens with zero attached hydrogens (tertiary/aromatic N) is 2. The second kappa shape index (κ2) is 6.65. The van der Waals surface area contributed by atoms with Crippen molar-refractivity contribution in [2.24, 2.45) is 0 Å². The molecule has 0 unspecified atom stereocenters. The molecule has 0 aliphatic heterocycles. The summed E-state index contributed by atoms with van der Waals surface area (Å²) in [5.74, 6) is 0.892. The van der Waals surface area contributed by atoms with E-state index in [-0.39, 0.29) is 0 Å². The maximum atomic E-state index is 5.51. The van der Waals surface area contributed by atoms with Crippen molar-refractivity contribution >= 4 is 22.2 Å². The van der Waals surface area contributed by atoms with Gasteiger partial charge < -0.3 is 10.1 Å². The van der Waals surface area contributed by atoms with E-state index in [0.717, 1.165) is 35.4 Å². The third-order valence-electron chi connectivity index (χ3n) is 3.12. The molecule has 0 amide bonds. The van der Waals surface area contributed by atoms with Crippen LogP contribution in [0.15, 0.2) is 42.0 Å². The number of aromatic nitrogens is 2. The van der Waals surface area contributed by atoms with E-state index in [1.165, 1.54) is 4.88 Å². The summed E-state index contributed by atoms with van der Waals surface area (Å²) < 4.78 is 5.51. The Morgan fingerprint density at radius 1 is 1.19 bits per heavy atom. The Morgan fingerprint density at radius 2 is 2.14 bits per heavy atom. The number of benzene rings is 1. The van der Waals surface area contributed by atoms with Crippen molar-refractivity contribution in [1.29, 1.82) is 0 Å². The van der Waals surface area contributed by atoms with Crippen LogP contribution in [0.3, 0.4) is 0 Å². The Hall–Kier alpha value is -1.98. The number of pyridine rings is 1. The lowest BCUT2D eigenvalue weighted by Gasteiger charge is -2.07. The van der Waals surface area contributed by atoms with Crippen LogP contribution in [-0.2, 0) is 13.1 Å². The molecule has 0 aliphatic rings. The highest BCUT2D eigenvalue weighted by Crippen LogP contribution is 2.20. The van der Waals surface area contributed by atoms with Gasteiger partial charge in [-0.3, -0.25) is 9.97 Å². The lowest BCUT2D eigenvalue weighted by Crippen LogP contribution is -2.12. The predicted octanol–water partition coefficient (Wildman–Crippen LogP) is 3.38. The SMILES string of the molecule is CCOc1ccc2nc(CNCc3cncs3)ccc2c1. The highest BCUT2D eigenvalue weighted by atomic mass is 32.1. The predicted molar refractivity (Wildman–Crippen MR) is 85.6 cm³/mol. The standard InChI is InChI=1S/C16H17N3OS/c1-2-20-14-5-6-16-12(7-14)3-4-13(19-16)8-17-9-15-10-18-11-21-15/h3-7,10-11,17H,2,8-9H2,1H3. The van der Waals surface area contributed by atoms with E-state index >= 15 is 0 Å². The van der Waals surface area contributed by atoms with Crippen molar-refractivity contribution in [3.8, 4) is 5.75 Å². The zero-order valence-electron chi connectivity index (χ0n) is 11.9. The molecule has 0 fully saturated rings. The Kier molecular flexibility index (Phi) is 4.43. The third kappa shape index (κ3) is 3.56. The second-order valence-corrected chi connectivity index (χ2v) is 5.63. The van der Waals surface area contributed by atoms with Crippen LogP contribution in [0.5, 0.6) is 5.75 Å². The maximum Gasteiger partial charge on any atom is 0.120 e. The van der Waals surface area contributed by atoms with Gasteiger partial charge in [0.05, 0.1) is 23.3 Å². The van der Waals surface area contributed by atoms with Gasteiger partial charge in [-0.05, 0) is 31.2 Å². The first-order chi connectivity index (χ1) is 10.3. The number of nitrogens with one attached hydrogen (secondary N) is 1. The molecule has 1 aromatic carbocycles. The average Bonchev–Trinajstić information content (AvgIpc) is 3.01. The van der Waals surface area contributed by atoms with Gasteiger partial charge in [0.25, 0.3) is 0 Å². The number of thiazole rings is 1. The Bertz CT molecular complexity index is 713. The normalized spacial score (nSPS) is 10.9. The lowest BCUT2D eigenvalue weighted by atomic mass is 10.2. The van der Waals surface area contributed by atoms with Crippen molar-refractivity contribution in [1.82, 2.24) is 15.3 Å². The summed E-state index contributed by atoms with van der Waals surface area (Å²) >= 11 is 1.66. The van der Waals surface area contributed by atoms with E-state index in [0.29, 0.717) is 6.61 Å². The zero-order valence-corrected chi connectivity index (χ0v) is 12.7. The highest BCUT2D eigenvalue weighted by molar-refractivity contribution is 7.09. The molecule has 2 aromatic heterocycles. The molecule has 3 rings (SSSR count). The molecule has 0 spiro atoms. The monoisotopic (exact) mass is 299 g/mol. The Labute approximate surface area is 127 Å². The third-order valence-corrected chi connectivity index (χ3v) is 3.90. The fraction of sp³-hybridized carbons (Fsp3) is 0.250. The van der Waals surface area contributed by atoms with Gasteiger partial charge in [-0.15, -0.1) is 11.3 Å². The van der Waals surface area contributed by atoms with Crippen LogP contribution < -0.4 is 10.1 Å². The first-order valence-corrected chi connectivity index (χ1v) is 7.83. The molecule has 0 aliphatic carbocycles. The molecule has 4 nitrogen and oxygen atoms in total. The van der Waals surface area contributed by atoms with Crippen LogP contribution in [0.25, 0.3) is 10.9 Å². The van der Waals surface area contributed by atoms with Gasteiger partial charge >= 0.3 is 0 Å². The summed E-state index contributed by atoms with van der Waals surface area (Å²) in [5.41, 5.74) is 3.88. The smallest absolute Gasteiger partial charge is 0.120 e. The van der Waals surface area contributed by atoms with Gasteiger partial charge in [0, 0.05) is 29.5 Å².